The van der Waals surface area contributed by atoms with E-state index < -0.39 is 0 Å². The summed E-state index contributed by atoms with van der Waals surface area (Å²) in [5, 5.41) is 0. The summed E-state index contributed by atoms with van der Waals surface area (Å²) in [6.07, 6.45) is 4.64. The van der Waals surface area contributed by atoms with Gasteiger partial charge in [0.1, 0.15) is 0 Å². The normalized spacial score (nSPS) is 11.8. The molecule has 1 heteroatoms. The molecule has 0 aromatic heterocycles. The lowest BCUT2D eigenvalue weighted by Gasteiger charge is -2.28. The van der Waals surface area contributed by atoms with Gasteiger partial charge >= 0.3 is 0 Å². The van der Waals surface area contributed by atoms with E-state index in [1.807, 2.05) is 0 Å². The Balaban J connectivity index is 2.81. The van der Waals surface area contributed by atoms with Crippen LogP contribution in [0.1, 0.15) is 58.1 Å². The average Bonchev–Trinajstić information content (AvgIpc) is 2.30. The molecule has 0 fully saturated rings. The van der Waals surface area contributed by atoms with Gasteiger partial charge in [0.25, 0.3) is 0 Å². The van der Waals surface area contributed by atoms with Gasteiger partial charge in [-0.15, -0.1) is 0 Å². The van der Waals surface area contributed by atoms with Crippen molar-refractivity contribution in [2.45, 2.75) is 59.0 Å². The Morgan fingerprint density at radius 2 is 1.76 bits per heavy atom. The maximum absolute atomic E-state index is 6.04. The Hall–Kier alpha value is -0.820. The Morgan fingerprint density at radius 1 is 1.06 bits per heavy atom. The smallest absolute Gasteiger partial charge is 0.0877 e. The van der Waals surface area contributed by atoms with E-state index in [1.54, 1.807) is 0 Å². The van der Waals surface area contributed by atoms with Crippen LogP contribution in [-0.2, 0) is 16.8 Å². The molecule has 96 valence electrons. The first-order valence-electron chi connectivity index (χ1n) is 6.84. The summed E-state index contributed by atoms with van der Waals surface area (Å²) in [4.78, 5) is 0. The van der Waals surface area contributed by atoms with Crippen LogP contribution in [0, 0.1) is 0 Å². The maximum Gasteiger partial charge on any atom is 0.0877 e. The number of unbranched alkanes of at least 4 members (excludes halogenated alkanes) is 1. The molecule has 0 heterocycles. The van der Waals surface area contributed by atoms with E-state index in [0.29, 0.717) is 0 Å². The van der Waals surface area contributed by atoms with Crippen LogP contribution in [0.5, 0.6) is 0 Å². The van der Waals surface area contributed by atoms with Crippen molar-refractivity contribution in [2.24, 2.45) is 0 Å². The molecule has 17 heavy (non-hydrogen) atoms. The highest BCUT2D eigenvalue weighted by atomic mass is 16.5. The van der Waals surface area contributed by atoms with Gasteiger partial charge in [-0.2, -0.15) is 0 Å². The first-order valence-corrected chi connectivity index (χ1v) is 6.84. The standard InChI is InChI=1S/C16H26O/c1-5-7-13-17-16(3,4)15-12-9-8-11-14(15)10-6-2/h8-9,11-12H,5-7,10,13H2,1-4H3. The summed E-state index contributed by atoms with van der Waals surface area (Å²) in [6, 6.07) is 8.66. The highest BCUT2D eigenvalue weighted by Crippen LogP contribution is 2.28. The molecular formula is C16H26O. The molecule has 0 aliphatic heterocycles. The fourth-order valence-corrected chi connectivity index (χ4v) is 2.14. The minimum Gasteiger partial charge on any atom is -0.371 e. The van der Waals surface area contributed by atoms with Crippen LogP contribution in [0.2, 0.25) is 0 Å². The number of hydrogen-bond donors (Lipinski definition) is 0. The highest BCUT2D eigenvalue weighted by molar-refractivity contribution is 5.31. The summed E-state index contributed by atoms with van der Waals surface area (Å²) >= 11 is 0. The van der Waals surface area contributed by atoms with Crippen molar-refractivity contribution >= 4 is 0 Å². The van der Waals surface area contributed by atoms with Crippen LogP contribution in [0.4, 0.5) is 0 Å². The molecule has 0 unspecified atom stereocenters. The summed E-state index contributed by atoms with van der Waals surface area (Å²) in [5.41, 5.74) is 2.61. The number of rotatable bonds is 7. The Morgan fingerprint density at radius 3 is 2.41 bits per heavy atom. The molecule has 0 amide bonds. The topological polar surface area (TPSA) is 9.23 Å². The SMILES string of the molecule is CCCCOC(C)(C)c1ccccc1CCC. The van der Waals surface area contributed by atoms with E-state index in [9.17, 15) is 0 Å². The molecule has 0 aliphatic rings. The molecular weight excluding hydrogens is 208 g/mol. The van der Waals surface area contributed by atoms with Gasteiger partial charge in [0.15, 0.2) is 0 Å². The van der Waals surface area contributed by atoms with E-state index in [-0.39, 0.29) is 5.60 Å². The summed E-state index contributed by atoms with van der Waals surface area (Å²) in [7, 11) is 0. The molecule has 1 rings (SSSR count). The molecule has 0 N–H and O–H groups in total. The number of ether oxygens (including phenoxy) is 1. The molecule has 0 spiro atoms. The third-order valence-corrected chi connectivity index (χ3v) is 3.15. The predicted octanol–water partition coefficient (Wildman–Crippen LogP) is 4.69. The van der Waals surface area contributed by atoms with Crippen molar-refractivity contribution in [3.8, 4) is 0 Å². The van der Waals surface area contributed by atoms with E-state index in [2.05, 4.69) is 52.0 Å². The molecule has 0 saturated heterocycles. The van der Waals surface area contributed by atoms with Crippen molar-refractivity contribution in [2.75, 3.05) is 6.61 Å². The number of hydrogen-bond acceptors (Lipinski definition) is 1. The third kappa shape index (κ3) is 4.16. The summed E-state index contributed by atoms with van der Waals surface area (Å²) < 4.78 is 6.04. The lowest BCUT2D eigenvalue weighted by molar-refractivity contribution is -0.0235. The second-order valence-electron chi connectivity index (χ2n) is 5.12. The molecule has 0 aliphatic carbocycles. The van der Waals surface area contributed by atoms with E-state index in [0.717, 1.165) is 19.4 Å². The lowest BCUT2D eigenvalue weighted by atomic mass is 9.91. The largest absolute Gasteiger partial charge is 0.371 e. The quantitative estimate of drug-likeness (QED) is 0.622. The van der Waals surface area contributed by atoms with Gasteiger partial charge in [-0.1, -0.05) is 51.0 Å². The van der Waals surface area contributed by atoms with Crippen LogP contribution in [0.3, 0.4) is 0 Å². The average molecular weight is 234 g/mol. The van der Waals surface area contributed by atoms with Crippen molar-refractivity contribution in [3.63, 3.8) is 0 Å². The van der Waals surface area contributed by atoms with Crippen molar-refractivity contribution < 1.29 is 4.74 Å². The zero-order valence-electron chi connectivity index (χ0n) is 11.8. The fourth-order valence-electron chi connectivity index (χ4n) is 2.14. The molecule has 1 aromatic rings. The minimum atomic E-state index is -0.166. The second-order valence-corrected chi connectivity index (χ2v) is 5.12. The Bertz CT molecular complexity index is 328. The van der Waals surface area contributed by atoms with Gasteiger partial charge in [0.2, 0.25) is 0 Å². The van der Waals surface area contributed by atoms with Crippen LogP contribution >= 0.6 is 0 Å². The van der Waals surface area contributed by atoms with Crippen LogP contribution in [0.25, 0.3) is 0 Å². The molecule has 0 radical (unpaired) electrons. The van der Waals surface area contributed by atoms with E-state index in [1.165, 1.54) is 24.0 Å². The van der Waals surface area contributed by atoms with Gasteiger partial charge in [-0.25, -0.2) is 0 Å². The summed E-state index contributed by atoms with van der Waals surface area (Å²) in [5.74, 6) is 0. The first kappa shape index (κ1) is 14.2. The lowest BCUT2D eigenvalue weighted by Crippen LogP contribution is -2.24. The van der Waals surface area contributed by atoms with E-state index >= 15 is 0 Å². The van der Waals surface area contributed by atoms with Crippen molar-refractivity contribution in [1.82, 2.24) is 0 Å². The van der Waals surface area contributed by atoms with Crippen molar-refractivity contribution in [1.29, 1.82) is 0 Å². The third-order valence-electron chi connectivity index (χ3n) is 3.15. The Labute approximate surface area is 106 Å². The molecule has 0 bridgehead atoms. The monoisotopic (exact) mass is 234 g/mol. The van der Waals surface area contributed by atoms with Gasteiger partial charge < -0.3 is 4.74 Å². The zero-order valence-corrected chi connectivity index (χ0v) is 11.8. The van der Waals surface area contributed by atoms with Crippen LogP contribution in [-0.4, -0.2) is 6.61 Å². The highest BCUT2D eigenvalue weighted by Gasteiger charge is 2.23. The zero-order chi connectivity index (χ0) is 12.7. The van der Waals surface area contributed by atoms with Gasteiger partial charge in [0, 0.05) is 6.61 Å². The second kappa shape index (κ2) is 6.80. The molecule has 1 nitrogen and oxygen atoms in total. The molecule has 1 aromatic carbocycles. The predicted molar refractivity (Wildman–Crippen MR) is 74.3 cm³/mol. The van der Waals surface area contributed by atoms with Crippen LogP contribution < -0.4 is 0 Å². The number of aryl methyl sites for hydroxylation is 1. The van der Waals surface area contributed by atoms with Gasteiger partial charge in [0.05, 0.1) is 5.60 Å². The molecule has 0 atom stereocenters. The Kier molecular flexibility index (Phi) is 5.70. The van der Waals surface area contributed by atoms with Crippen LogP contribution in [0.15, 0.2) is 24.3 Å². The van der Waals surface area contributed by atoms with Crippen molar-refractivity contribution in [3.05, 3.63) is 35.4 Å². The first-order chi connectivity index (χ1) is 8.11. The maximum atomic E-state index is 6.04. The number of benzene rings is 1. The van der Waals surface area contributed by atoms with Gasteiger partial charge in [-0.05, 0) is 37.8 Å². The molecule has 0 saturated carbocycles. The fraction of sp³-hybridized carbons (Fsp3) is 0.625. The van der Waals surface area contributed by atoms with Gasteiger partial charge in [-0.3, -0.25) is 0 Å². The summed E-state index contributed by atoms with van der Waals surface area (Å²) in [6.45, 7) is 9.63. The van der Waals surface area contributed by atoms with E-state index in [4.69, 9.17) is 4.74 Å². The minimum absolute atomic E-state index is 0.166.